The number of hydrogen-bond acceptors (Lipinski definition) is 6. The second-order valence-electron chi connectivity index (χ2n) is 6.82. The zero-order valence-electron chi connectivity index (χ0n) is 17.5. The van der Waals surface area contributed by atoms with Gasteiger partial charge in [0, 0.05) is 6.08 Å². The van der Waals surface area contributed by atoms with Gasteiger partial charge in [-0.15, -0.1) is 0 Å². The van der Waals surface area contributed by atoms with Crippen LogP contribution in [0.4, 0.5) is 0 Å². The minimum Gasteiger partial charge on any atom is -0.493 e. The van der Waals surface area contributed by atoms with Crippen molar-refractivity contribution in [3.8, 4) is 11.5 Å². The molecule has 6 heteroatoms. The van der Waals surface area contributed by atoms with E-state index in [1.54, 1.807) is 25.3 Å². The van der Waals surface area contributed by atoms with Gasteiger partial charge in [-0.1, -0.05) is 41.6 Å². The fourth-order valence-electron chi connectivity index (χ4n) is 2.93. The van der Waals surface area contributed by atoms with Crippen molar-refractivity contribution < 1.29 is 23.5 Å². The first kappa shape index (κ1) is 21.2. The maximum atomic E-state index is 12.1. The van der Waals surface area contributed by atoms with Crippen molar-refractivity contribution in [1.29, 1.82) is 0 Å². The van der Waals surface area contributed by atoms with Crippen LogP contribution in [-0.2, 0) is 16.1 Å². The fourth-order valence-corrected chi connectivity index (χ4v) is 2.93. The molecule has 1 heterocycles. The highest BCUT2D eigenvalue weighted by Gasteiger charge is 2.12. The molecule has 0 amide bonds. The summed E-state index contributed by atoms with van der Waals surface area (Å²) in [6, 6.07) is 15.0. The van der Waals surface area contributed by atoms with Gasteiger partial charge in [-0.2, -0.15) is 0 Å². The standard InChI is InChI=1S/C24H25NO5/c1-16-21(18(3)30-25-16)15-28-22-12-10-19(14-23(22)27-4)11-13-24(26)29-17(2)20-8-6-5-7-9-20/h5-14,17H,15H2,1-4H3/b13-11+/t17-/m1/s1. The van der Waals surface area contributed by atoms with E-state index in [-0.39, 0.29) is 6.10 Å². The van der Waals surface area contributed by atoms with Gasteiger partial charge in [0.1, 0.15) is 18.5 Å². The van der Waals surface area contributed by atoms with Gasteiger partial charge in [0.05, 0.1) is 18.4 Å². The summed E-state index contributed by atoms with van der Waals surface area (Å²) in [6.45, 7) is 5.89. The fraction of sp³-hybridized carbons (Fsp3) is 0.250. The van der Waals surface area contributed by atoms with Crippen LogP contribution in [0.1, 0.15) is 41.2 Å². The molecule has 0 spiro atoms. The monoisotopic (exact) mass is 407 g/mol. The van der Waals surface area contributed by atoms with E-state index in [9.17, 15) is 4.79 Å². The van der Waals surface area contributed by atoms with Gasteiger partial charge < -0.3 is 18.7 Å². The minimum atomic E-state index is -0.413. The second-order valence-corrected chi connectivity index (χ2v) is 6.82. The van der Waals surface area contributed by atoms with Crippen LogP contribution in [0.5, 0.6) is 11.5 Å². The third-order valence-corrected chi connectivity index (χ3v) is 4.71. The molecule has 0 aliphatic heterocycles. The molecule has 156 valence electrons. The summed E-state index contributed by atoms with van der Waals surface area (Å²) in [5, 5.41) is 3.93. The van der Waals surface area contributed by atoms with Crippen molar-refractivity contribution in [2.24, 2.45) is 0 Å². The van der Waals surface area contributed by atoms with E-state index in [0.717, 1.165) is 28.1 Å². The Morgan fingerprint density at radius 3 is 2.57 bits per heavy atom. The van der Waals surface area contributed by atoms with E-state index in [1.807, 2.05) is 57.2 Å². The first-order valence-electron chi connectivity index (χ1n) is 9.64. The maximum absolute atomic E-state index is 12.1. The molecule has 0 fully saturated rings. The zero-order valence-corrected chi connectivity index (χ0v) is 17.5. The Balaban J connectivity index is 1.63. The van der Waals surface area contributed by atoms with E-state index in [0.29, 0.717) is 18.1 Å². The first-order valence-corrected chi connectivity index (χ1v) is 9.64. The largest absolute Gasteiger partial charge is 0.493 e. The van der Waals surface area contributed by atoms with Gasteiger partial charge in [-0.05, 0) is 50.1 Å². The normalized spacial score (nSPS) is 12.0. The van der Waals surface area contributed by atoms with Crippen molar-refractivity contribution in [3.05, 3.63) is 82.8 Å². The van der Waals surface area contributed by atoms with Crippen LogP contribution in [0.15, 0.2) is 59.1 Å². The quantitative estimate of drug-likeness (QED) is 0.378. The molecule has 0 unspecified atom stereocenters. The molecular weight excluding hydrogens is 382 g/mol. The maximum Gasteiger partial charge on any atom is 0.331 e. The van der Waals surface area contributed by atoms with Gasteiger partial charge in [0.15, 0.2) is 11.5 Å². The van der Waals surface area contributed by atoms with Crippen molar-refractivity contribution in [1.82, 2.24) is 5.16 Å². The van der Waals surface area contributed by atoms with Gasteiger partial charge >= 0.3 is 5.97 Å². The predicted molar refractivity (Wildman–Crippen MR) is 113 cm³/mol. The molecule has 2 aromatic carbocycles. The van der Waals surface area contributed by atoms with Crippen LogP contribution in [-0.4, -0.2) is 18.2 Å². The molecule has 3 aromatic rings. The molecule has 30 heavy (non-hydrogen) atoms. The third-order valence-electron chi connectivity index (χ3n) is 4.71. The number of nitrogens with zero attached hydrogens (tertiary/aromatic N) is 1. The Morgan fingerprint density at radius 2 is 1.90 bits per heavy atom. The third kappa shape index (κ3) is 5.29. The number of ether oxygens (including phenoxy) is 3. The Bertz CT molecular complexity index is 1000. The number of aromatic nitrogens is 1. The van der Waals surface area contributed by atoms with E-state index in [4.69, 9.17) is 18.7 Å². The molecule has 0 N–H and O–H groups in total. The first-order chi connectivity index (χ1) is 14.5. The highest BCUT2D eigenvalue weighted by molar-refractivity contribution is 5.87. The molecule has 3 rings (SSSR count). The Morgan fingerprint density at radius 1 is 1.13 bits per heavy atom. The average molecular weight is 407 g/mol. The molecule has 6 nitrogen and oxygen atoms in total. The van der Waals surface area contributed by atoms with Crippen molar-refractivity contribution >= 4 is 12.0 Å². The van der Waals surface area contributed by atoms with E-state index < -0.39 is 5.97 Å². The Kier molecular flexibility index (Phi) is 6.91. The van der Waals surface area contributed by atoms with Crippen LogP contribution >= 0.6 is 0 Å². The summed E-state index contributed by atoms with van der Waals surface area (Å²) in [7, 11) is 1.57. The molecular formula is C24H25NO5. The SMILES string of the molecule is COc1cc(/C=C/C(=O)O[C@H](C)c2ccccc2)ccc1OCc1c(C)noc1C. The lowest BCUT2D eigenvalue weighted by Crippen LogP contribution is -2.05. The summed E-state index contributed by atoms with van der Waals surface area (Å²) in [5.74, 6) is 1.48. The van der Waals surface area contributed by atoms with E-state index in [2.05, 4.69) is 5.16 Å². The number of aryl methyl sites for hydroxylation is 2. The average Bonchev–Trinajstić information content (AvgIpc) is 3.08. The molecule has 0 radical (unpaired) electrons. The van der Waals surface area contributed by atoms with Gasteiger partial charge in [-0.3, -0.25) is 0 Å². The molecule has 1 aromatic heterocycles. The summed E-state index contributed by atoms with van der Waals surface area (Å²) in [4.78, 5) is 12.1. The summed E-state index contributed by atoms with van der Waals surface area (Å²) >= 11 is 0. The summed E-state index contributed by atoms with van der Waals surface area (Å²) < 4.78 is 21.9. The molecule has 1 atom stereocenters. The van der Waals surface area contributed by atoms with Crippen LogP contribution in [0, 0.1) is 13.8 Å². The van der Waals surface area contributed by atoms with Crippen LogP contribution < -0.4 is 9.47 Å². The van der Waals surface area contributed by atoms with Crippen LogP contribution in [0.2, 0.25) is 0 Å². The molecule has 0 saturated carbocycles. The summed E-state index contributed by atoms with van der Waals surface area (Å²) in [6.07, 6.45) is 2.76. The zero-order chi connectivity index (χ0) is 21.5. The van der Waals surface area contributed by atoms with Crippen molar-refractivity contribution in [2.75, 3.05) is 7.11 Å². The van der Waals surface area contributed by atoms with Gasteiger partial charge in [-0.25, -0.2) is 4.79 Å². The van der Waals surface area contributed by atoms with E-state index >= 15 is 0 Å². The predicted octanol–water partition coefficient (Wildman–Crippen LogP) is 5.20. The van der Waals surface area contributed by atoms with Gasteiger partial charge in [0.25, 0.3) is 0 Å². The highest BCUT2D eigenvalue weighted by Crippen LogP contribution is 2.30. The van der Waals surface area contributed by atoms with E-state index in [1.165, 1.54) is 6.08 Å². The Labute approximate surface area is 176 Å². The highest BCUT2D eigenvalue weighted by atomic mass is 16.5. The number of methoxy groups -OCH3 is 1. The lowest BCUT2D eigenvalue weighted by atomic mass is 10.1. The van der Waals surface area contributed by atoms with Crippen molar-refractivity contribution in [2.45, 2.75) is 33.5 Å². The molecule has 0 bridgehead atoms. The smallest absolute Gasteiger partial charge is 0.331 e. The van der Waals surface area contributed by atoms with Crippen LogP contribution in [0.25, 0.3) is 6.08 Å². The summed E-state index contributed by atoms with van der Waals surface area (Å²) in [5.41, 5.74) is 3.45. The van der Waals surface area contributed by atoms with Crippen molar-refractivity contribution in [3.63, 3.8) is 0 Å². The lowest BCUT2D eigenvalue weighted by molar-refractivity contribution is -0.142. The number of esters is 1. The number of hydrogen-bond donors (Lipinski definition) is 0. The molecule has 0 aliphatic carbocycles. The van der Waals surface area contributed by atoms with Crippen LogP contribution in [0.3, 0.4) is 0 Å². The Hall–Kier alpha value is -3.54. The number of carbonyl (C=O) groups is 1. The second kappa shape index (κ2) is 9.78. The molecule has 0 saturated heterocycles. The molecule has 0 aliphatic rings. The number of rotatable bonds is 8. The minimum absolute atomic E-state index is 0.321. The lowest BCUT2D eigenvalue weighted by Gasteiger charge is -2.12. The number of benzene rings is 2. The topological polar surface area (TPSA) is 70.8 Å². The van der Waals surface area contributed by atoms with Gasteiger partial charge in [0.2, 0.25) is 0 Å². The number of carbonyl (C=O) groups excluding carboxylic acids is 1.